The van der Waals surface area contributed by atoms with E-state index in [1.54, 1.807) is 0 Å². The smallest absolute Gasteiger partial charge is 0.102 e. The van der Waals surface area contributed by atoms with Crippen molar-refractivity contribution in [3.63, 3.8) is 0 Å². The van der Waals surface area contributed by atoms with Crippen LogP contribution in [0.15, 0.2) is 0 Å². The van der Waals surface area contributed by atoms with Crippen molar-refractivity contribution in [3.8, 4) is 0 Å². The van der Waals surface area contributed by atoms with Crippen molar-refractivity contribution in [3.05, 3.63) is 0 Å². The molecule has 0 saturated carbocycles. The predicted molar refractivity (Wildman–Crippen MR) is 39.8 cm³/mol. The molecule has 1 fully saturated rings. The maximum absolute atomic E-state index is 11.6. The van der Waals surface area contributed by atoms with Crippen LogP contribution in [-0.2, 0) is 0 Å². The van der Waals surface area contributed by atoms with Crippen LogP contribution in [0.3, 0.4) is 0 Å². The molecule has 3 heteroatoms. The molecule has 1 atom stereocenters. The summed E-state index contributed by atoms with van der Waals surface area (Å²) in [6, 6.07) is 0. The van der Waals surface area contributed by atoms with E-state index in [-0.39, 0.29) is 6.67 Å². The van der Waals surface area contributed by atoms with Gasteiger partial charge in [0, 0.05) is 6.54 Å². The summed E-state index contributed by atoms with van der Waals surface area (Å²) in [5, 5.41) is 6.33. The fraction of sp³-hybridized carbons (Fsp3) is 1.00. The van der Waals surface area contributed by atoms with Crippen LogP contribution in [0.2, 0.25) is 0 Å². The number of nitrogens with one attached hydrogen (secondary N) is 2. The van der Waals surface area contributed by atoms with E-state index in [1.165, 1.54) is 6.42 Å². The van der Waals surface area contributed by atoms with Crippen molar-refractivity contribution in [1.82, 2.24) is 10.6 Å². The Balaban J connectivity index is 1.91. The van der Waals surface area contributed by atoms with Gasteiger partial charge in [0.25, 0.3) is 0 Å². The third-order valence-corrected chi connectivity index (χ3v) is 1.87. The lowest BCUT2D eigenvalue weighted by Crippen LogP contribution is -2.25. The number of hydrogen-bond acceptors (Lipinski definition) is 2. The Morgan fingerprint density at radius 1 is 1.60 bits per heavy atom. The van der Waals surface area contributed by atoms with Gasteiger partial charge in [-0.1, -0.05) is 0 Å². The summed E-state index contributed by atoms with van der Waals surface area (Å²) >= 11 is 0. The van der Waals surface area contributed by atoms with Crippen molar-refractivity contribution in [1.29, 1.82) is 0 Å². The van der Waals surface area contributed by atoms with Crippen LogP contribution >= 0.6 is 0 Å². The minimum Gasteiger partial charge on any atom is -0.316 e. The Labute approximate surface area is 61.2 Å². The zero-order valence-electron chi connectivity index (χ0n) is 6.20. The molecule has 1 saturated heterocycles. The highest BCUT2D eigenvalue weighted by Gasteiger charge is 2.12. The molecule has 0 bridgehead atoms. The fourth-order valence-electron chi connectivity index (χ4n) is 1.26. The molecule has 10 heavy (non-hydrogen) atoms. The van der Waals surface area contributed by atoms with Crippen molar-refractivity contribution in [2.45, 2.75) is 6.42 Å². The van der Waals surface area contributed by atoms with E-state index in [9.17, 15) is 4.39 Å². The fourth-order valence-corrected chi connectivity index (χ4v) is 1.26. The molecule has 1 aliphatic rings. The molecular formula is C7H15FN2. The van der Waals surface area contributed by atoms with Crippen molar-refractivity contribution >= 4 is 0 Å². The van der Waals surface area contributed by atoms with Crippen molar-refractivity contribution < 1.29 is 4.39 Å². The molecule has 0 aromatic heterocycles. The largest absolute Gasteiger partial charge is 0.316 e. The van der Waals surface area contributed by atoms with E-state index < -0.39 is 0 Å². The third-order valence-electron chi connectivity index (χ3n) is 1.87. The second-order valence-corrected chi connectivity index (χ2v) is 2.75. The molecule has 60 valence electrons. The number of halogens is 1. The average Bonchev–Trinajstić information content (AvgIpc) is 2.41. The van der Waals surface area contributed by atoms with Crippen LogP contribution < -0.4 is 10.6 Å². The van der Waals surface area contributed by atoms with E-state index in [0.717, 1.165) is 25.6 Å². The summed E-state index contributed by atoms with van der Waals surface area (Å²) in [4.78, 5) is 0. The highest BCUT2D eigenvalue weighted by molar-refractivity contribution is 4.72. The Morgan fingerprint density at radius 3 is 3.10 bits per heavy atom. The molecule has 0 aromatic rings. The van der Waals surface area contributed by atoms with Gasteiger partial charge in [-0.25, -0.2) is 4.39 Å². The molecule has 0 amide bonds. The van der Waals surface area contributed by atoms with Gasteiger partial charge >= 0.3 is 0 Å². The Kier molecular flexibility index (Phi) is 3.68. The zero-order valence-corrected chi connectivity index (χ0v) is 6.20. The van der Waals surface area contributed by atoms with Crippen molar-refractivity contribution in [2.75, 3.05) is 32.9 Å². The molecule has 0 radical (unpaired) electrons. The maximum atomic E-state index is 11.6. The Bertz CT molecular complexity index is 81.7. The molecule has 0 aromatic carbocycles. The highest BCUT2D eigenvalue weighted by Crippen LogP contribution is 2.04. The predicted octanol–water partition coefficient (Wildman–Crippen LogP) is 0.155. The molecule has 1 heterocycles. The average molecular weight is 146 g/mol. The minimum absolute atomic E-state index is 0.250. The standard InChI is InChI=1S/C7H15FN2/c8-2-4-10-6-7-1-3-9-5-7/h7,9-10H,1-6H2. The first-order valence-corrected chi connectivity index (χ1v) is 3.91. The van der Waals surface area contributed by atoms with E-state index in [0.29, 0.717) is 6.54 Å². The molecule has 0 aliphatic carbocycles. The number of hydrogen-bond donors (Lipinski definition) is 2. The summed E-state index contributed by atoms with van der Waals surface area (Å²) in [7, 11) is 0. The quantitative estimate of drug-likeness (QED) is 0.552. The van der Waals surface area contributed by atoms with Gasteiger partial charge in [0.15, 0.2) is 0 Å². The normalized spacial score (nSPS) is 25.5. The zero-order chi connectivity index (χ0) is 7.23. The lowest BCUT2D eigenvalue weighted by molar-refractivity contribution is 0.439. The molecule has 2 N–H and O–H groups in total. The van der Waals surface area contributed by atoms with Gasteiger partial charge in [-0.15, -0.1) is 0 Å². The molecule has 2 nitrogen and oxygen atoms in total. The second kappa shape index (κ2) is 4.63. The lowest BCUT2D eigenvalue weighted by Gasteiger charge is -2.07. The Morgan fingerprint density at radius 2 is 2.50 bits per heavy atom. The van der Waals surface area contributed by atoms with E-state index in [4.69, 9.17) is 0 Å². The van der Waals surface area contributed by atoms with E-state index in [1.807, 2.05) is 0 Å². The van der Waals surface area contributed by atoms with Crippen LogP contribution in [0.1, 0.15) is 6.42 Å². The summed E-state index contributed by atoms with van der Waals surface area (Å²) in [6.07, 6.45) is 1.24. The topological polar surface area (TPSA) is 24.1 Å². The Hall–Kier alpha value is -0.150. The van der Waals surface area contributed by atoms with Gasteiger partial charge in [0.05, 0.1) is 0 Å². The summed E-state index contributed by atoms with van der Waals surface area (Å²) < 4.78 is 11.6. The molecule has 1 aliphatic heterocycles. The number of alkyl halides is 1. The first-order valence-electron chi connectivity index (χ1n) is 3.91. The second-order valence-electron chi connectivity index (χ2n) is 2.75. The summed E-state index contributed by atoms with van der Waals surface area (Å²) in [5.41, 5.74) is 0. The SMILES string of the molecule is FCCNCC1CCNC1. The monoisotopic (exact) mass is 146 g/mol. The molecule has 0 spiro atoms. The van der Waals surface area contributed by atoms with Gasteiger partial charge in [-0.05, 0) is 32.0 Å². The van der Waals surface area contributed by atoms with Crippen molar-refractivity contribution in [2.24, 2.45) is 5.92 Å². The summed E-state index contributed by atoms with van der Waals surface area (Å²) in [6.45, 7) is 3.45. The molecule has 1 unspecified atom stereocenters. The maximum Gasteiger partial charge on any atom is 0.102 e. The molecular weight excluding hydrogens is 131 g/mol. The lowest BCUT2D eigenvalue weighted by atomic mass is 10.1. The van der Waals surface area contributed by atoms with Gasteiger partial charge in [0.1, 0.15) is 6.67 Å². The number of rotatable bonds is 4. The van der Waals surface area contributed by atoms with Crippen LogP contribution in [0.5, 0.6) is 0 Å². The first-order chi connectivity index (χ1) is 4.93. The first kappa shape index (κ1) is 7.95. The third kappa shape index (κ3) is 2.62. The minimum atomic E-state index is -0.250. The van der Waals surface area contributed by atoms with Gasteiger partial charge in [-0.3, -0.25) is 0 Å². The van der Waals surface area contributed by atoms with E-state index >= 15 is 0 Å². The summed E-state index contributed by atoms with van der Waals surface area (Å²) in [5.74, 6) is 0.728. The van der Waals surface area contributed by atoms with Crippen LogP contribution in [0, 0.1) is 5.92 Å². The van der Waals surface area contributed by atoms with Crippen LogP contribution in [-0.4, -0.2) is 32.9 Å². The van der Waals surface area contributed by atoms with Gasteiger partial charge in [-0.2, -0.15) is 0 Å². The van der Waals surface area contributed by atoms with Gasteiger partial charge in [0.2, 0.25) is 0 Å². The van der Waals surface area contributed by atoms with Gasteiger partial charge < -0.3 is 10.6 Å². The van der Waals surface area contributed by atoms with Crippen LogP contribution in [0.25, 0.3) is 0 Å². The highest BCUT2D eigenvalue weighted by atomic mass is 19.1. The van der Waals surface area contributed by atoms with Crippen LogP contribution in [0.4, 0.5) is 4.39 Å². The van der Waals surface area contributed by atoms with E-state index in [2.05, 4.69) is 10.6 Å². The molecule has 1 rings (SSSR count).